The van der Waals surface area contributed by atoms with Crippen molar-refractivity contribution in [1.82, 2.24) is 4.98 Å². The first kappa shape index (κ1) is 10.9. The van der Waals surface area contributed by atoms with Gasteiger partial charge in [-0.1, -0.05) is 13.8 Å². The average Bonchev–Trinajstić information content (AvgIpc) is 2.46. The van der Waals surface area contributed by atoms with Crippen LogP contribution in [0.1, 0.15) is 25.7 Å². The molecule has 0 unspecified atom stereocenters. The van der Waals surface area contributed by atoms with Gasteiger partial charge in [0.2, 0.25) is 0 Å². The number of hydrogen-bond donors (Lipinski definition) is 0. The molecule has 1 aromatic carbocycles. The van der Waals surface area contributed by atoms with Crippen molar-refractivity contribution in [2.45, 2.75) is 19.8 Å². The van der Waals surface area contributed by atoms with Crippen LogP contribution in [-0.4, -0.2) is 4.98 Å². The van der Waals surface area contributed by atoms with Crippen molar-refractivity contribution in [3.63, 3.8) is 0 Å². The molecule has 65 valence electrons. The zero-order chi connectivity index (χ0) is 8.55. The van der Waals surface area contributed by atoms with Crippen LogP contribution in [0.25, 0.3) is 11.1 Å². The maximum absolute atomic E-state index is 5.50. The number of oxazole rings is 1. The number of nitrogens with zero attached hydrogens (tertiary/aromatic N) is 1. The Bertz CT molecular complexity index is 361. The van der Waals surface area contributed by atoms with Crippen molar-refractivity contribution in [1.29, 1.82) is 0 Å². The van der Waals surface area contributed by atoms with E-state index in [1.807, 2.05) is 18.2 Å². The van der Waals surface area contributed by atoms with E-state index in [1.54, 1.807) is 0 Å². The molecule has 0 saturated heterocycles. The summed E-state index contributed by atoms with van der Waals surface area (Å²) >= 11 is 0. The number of hydrogen-bond acceptors (Lipinski definition) is 2. The van der Waals surface area contributed by atoms with E-state index in [1.165, 1.54) is 0 Å². The van der Waals surface area contributed by atoms with Crippen LogP contribution in [0.3, 0.4) is 0 Å². The van der Waals surface area contributed by atoms with Crippen LogP contribution in [0.15, 0.2) is 22.6 Å². The minimum Gasteiger partial charge on any atom is -0.467 e. The first-order valence-electron chi connectivity index (χ1n) is 4.04. The van der Waals surface area contributed by atoms with Gasteiger partial charge in [-0.15, -0.1) is 12.1 Å². The van der Waals surface area contributed by atoms with Gasteiger partial charge >= 0.3 is 0 Å². The molecule has 0 atom stereocenters. The Kier molecular flexibility index (Phi) is 3.63. The Balaban J connectivity index is 0.000000845. The van der Waals surface area contributed by atoms with Gasteiger partial charge in [-0.05, 0) is 5.52 Å². The molecule has 0 spiro atoms. The maximum atomic E-state index is 5.50. The maximum Gasteiger partial charge on any atom is 0.182 e. The van der Waals surface area contributed by atoms with Gasteiger partial charge in [0.15, 0.2) is 5.89 Å². The van der Waals surface area contributed by atoms with Crippen molar-refractivity contribution in [3.05, 3.63) is 30.2 Å². The van der Waals surface area contributed by atoms with Gasteiger partial charge in [0.1, 0.15) is 0 Å². The van der Waals surface area contributed by atoms with E-state index in [0.29, 0.717) is 5.92 Å². The summed E-state index contributed by atoms with van der Waals surface area (Å²) in [6, 6.07) is 8.52. The third kappa shape index (κ3) is 2.18. The summed E-state index contributed by atoms with van der Waals surface area (Å²) in [5.41, 5.74) is 1.73. The summed E-state index contributed by atoms with van der Waals surface area (Å²) in [4.78, 5) is 4.31. The minimum atomic E-state index is 0. The Morgan fingerprint density at radius 1 is 1.46 bits per heavy atom. The number of benzene rings is 1. The van der Waals surface area contributed by atoms with Crippen molar-refractivity contribution in [3.8, 4) is 0 Å². The molecule has 1 aromatic heterocycles. The number of rotatable bonds is 1. The molecule has 3 heteroatoms. The van der Waals surface area contributed by atoms with E-state index in [2.05, 4.69) is 24.9 Å². The Morgan fingerprint density at radius 2 is 2.23 bits per heavy atom. The third-order valence-electron chi connectivity index (χ3n) is 1.74. The number of aromatic nitrogens is 1. The predicted octanol–water partition coefficient (Wildman–Crippen LogP) is 2.75. The van der Waals surface area contributed by atoms with E-state index in [-0.39, 0.29) is 32.7 Å². The normalized spacial score (nSPS) is 10.4. The van der Waals surface area contributed by atoms with Gasteiger partial charge < -0.3 is 4.42 Å². The van der Waals surface area contributed by atoms with E-state index < -0.39 is 0 Å². The van der Waals surface area contributed by atoms with Crippen LogP contribution in [0.2, 0.25) is 0 Å². The van der Waals surface area contributed by atoms with E-state index in [0.717, 1.165) is 17.0 Å². The van der Waals surface area contributed by atoms with Crippen LogP contribution in [0, 0.1) is 6.07 Å². The summed E-state index contributed by atoms with van der Waals surface area (Å²) < 4.78 is 5.50. The van der Waals surface area contributed by atoms with E-state index in [4.69, 9.17) is 4.42 Å². The molecular weight excluding hydrogens is 239 g/mol. The fourth-order valence-corrected chi connectivity index (χ4v) is 1.08. The van der Waals surface area contributed by atoms with Gasteiger partial charge in [-0.2, -0.15) is 12.1 Å². The molecule has 2 rings (SSSR count). The molecule has 0 aliphatic rings. The second-order valence-corrected chi connectivity index (χ2v) is 3.10. The second kappa shape index (κ2) is 4.34. The van der Waals surface area contributed by atoms with Gasteiger partial charge in [-0.3, -0.25) is 4.98 Å². The SMILES string of the molecule is CC(C)c1nc2c[c-]ccc2o1.[Y]. The minimum absolute atomic E-state index is 0. The number of fused-ring (bicyclic) bond motifs is 1. The average molecular weight is 249 g/mol. The van der Waals surface area contributed by atoms with Crippen LogP contribution < -0.4 is 0 Å². The van der Waals surface area contributed by atoms with Crippen LogP contribution in [0.5, 0.6) is 0 Å². The first-order valence-corrected chi connectivity index (χ1v) is 4.04. The molecule has 0 N–H and O–H groups in total. The van der Waals surface area contributed by atoms with Crippen molar-refractivity contribution < 1.29 is 37.1 Å². The molecule has 0 amide bonds. The van der Waals surface area contributed by atoms with Crippen molar-refractivity contribution in [2.24, 2.45) is 0 Å². The summed E-state index contributed by atoms with van der Waals surface area (Å²) in [5, 5.41) is 0. The fourth-order valence-electron chi connectivity index (χ4n) is 1.08. The monoisotopic (exact) mass is 249 g/mol. The Morgan fingerprint density at radius 3 is 2.85 bits per heavy atom. The van der Waals surface area contributed by atoms with E-state index in [9.17, 15) is 0 Å². The van der Waals surface area contributed by atoms with Gasteiger partial charge in [0.05, 0.1) is 0 Å². The molecular formula is C10H10NOY-. The van der Waals surface area contributed by atoms with Crippen LogP contribution in [-0.2, 0) is 32.7 Å². The topological polar surface area (TPSA) is 26.0 Å². The largest absolute Gasteiger partial charge is 0.467 e. The Hall–Kier alpha value is -0.206. The zero-order valence-electron chi connectivity index (χ0n) is 7.74. The third-order valence-corrected chi connectivity index (χ3v) is 1.74. The molecule has 1 heterocycles. The smallest absolute Gasteiger partial charge is 0.182 e. The predicted molar refractivity (Wildman–Crippen MR) is 46.9 cm³/mol. The van der Waals surface area contributed by atoms with Crippen LogP contribution >= 0.6 is 0 Å². The van der Waals surface area contributed by atoms with Gasteiger partial charge in [0.25, 0.3) is 0 Å². The van der Waals surface area contributed by atoms with Gasteiger partial charge in [0, 0.05) is 44.2 Å². The second-order valence-electron chi connectivity index (χ2n) is 3.10. The van der Waals surface area contributed by atoms with Crippen LogP contribution in [0.4, 0.5) is 0 Å². The fraction of sp³-hybridized carbons (Fsp3) is 0.300. The zero-order valence-corrected chi connectivity index (χ0v) is 10.6. The molecule has 13 heavy (non-hydrogen) atoms. The standard InChI is InChI=1S/C10H10NO.Y/c1-7(2)10-11-8-5-3-4-6-9(8)12-10;/h4-7H,1-2H3;/q-1;. The van der Waals surface area contributed by atoms with Crippen molar-refractivity contribution in [2.75, 3.05) is 0 Å². The van der Waals surface area contributed by atoms with Gasteiger partial charge in [-0.25, -0.2) is 0 Å². The molecule has 0 saturated carbocycles. The summed E-state index contributed by atoms with van der Waals surface area (Å²) in [6.07, 6.45) is 0. The molecule has 0 bridgehead atoms. The molecule has 2 aromatic rings. The quantitative estimate of drug-likeness (QED) is 0.726. The Labute approximate surface area is 103 Å². The van der Waals surface area contributed by atoms with Crippen molar-refractivity contribution >= 4 is 11.1 Å². The molecule has 0 fully saturated rings. The summed E-state index contributed by atoms with van der Waals surface area (Å²) in [5.74, 6) is 1.14. The van der Waals surface area contributed by atoms with E-state index >= 15 is 0 Å². The molecule has 0 aliphatic carbocycles. The summed E-state index contributed by atoms with van der Waals surface area (Å²) in [6.45, 7) is 4.13. The first-order chi connectivity index (χ1) is 5.77. The summed E-state index contributed by atoms with van der Waals surface area (Å²) in [7, 11) is 0. The molecule has 2 nitrogen and oxygen atoms in total. The molecule has 1 radical (unpaired) electrons. The molecule has 0 aliphatic heterocycles.